The number of hydrogen-bond acceptors (Lipinski definition) is 3. The summed E-state index contributed by atoms with van der Waals surface area (Å²) in [5.74, 6) is -0.833. The van der Waals surface area contributed by atoms with E-state index >= 15 is 0 Å². The summed E-state index contributed by atoms with van der Waals surface area (Å²) in [7, 11) is 0. The van der Waals surface area contributed by atoms with Gasteiger partial charge in [0, 0.05) is 17.3 Å². The molecule has 0 fully saturated rings. The van der Waals surface area contributed by atoms with Crippen molar-refractivity contribution in [3.63, 3.8) is 0 Å². The van der Waals surface area contributed by atoms with Gasteiger partial charge in [0.05, 0.1) is 24.5 Å². The van der Waals surface area contributed by atoms with Gasteiger partial charge in [0.2, 0.25) is 0 Å². The number of aliphatic hydroxyl groups is 1. The Labute approximate surface area is 132 Å². The fourth-order valence-electron chi connectivity index (χ4n) is 2.62. The largest absolute Gasteiger partial charge is 0.462 e. The lowest BCUT2D eigenvalue weighted by molar-refractivity contribution is 0.0527. The average molecular weight is 313 g/mol. The van der Waals surface area contributed by atoms with Gasteiger partial charge in [-0.3, -0.25) is 0 Å². The molecule has 0 unspecified atom stereocenters. The fourth-order valence-corrected chi connectivity index (χ4v) is 2.62. The fraction of sp³-hybridized carbons (Fsp3) is 0.167. The highest BCUT2D eigenvalue weighted by atomic mass is 19.1. The third-order valence-electron chi connectivity index (χ3n) is 3.61. The van der Waals surface area contributed by atoms with Crippen molar-refractivity contribution in [3.8, 4) is 11.3 Å². The molecular weight excluding hydrogens is 297 g/mol. The number of rotatable bonds is 4. The van der Waals surface area contributed by atoms with Crippen LogP contribution in [-0.2, 0) is 11.3 Å². The van der Waals surface area contributed by atoms with Crippen LogP contribution in [0.25, 0.3) is 16.8 Å². The van der Waals surface area contributed by atoms with Crippen LogP contribution in [0.1, 0.15) is 22.8 Å². The first-order valence-electron chi connectivity index (χ1n) is 7.32. The maximum absolute atomic E-state index is 13.6. The van der Waals surface area contributed by atoms with Crippen molar-refractivity contribution in [1.82, 2.24) is 4.40 Å². The highest BCUT2D eigenvalue weighted by Gasteiger charge is 2.19. The smallest absolute Gasteiger partial charge is 0.340 e. The Morgan fingerprint density at radius 1 is 1.26 bits per heavy atom. The Balaban J connectivity index is 2.27. The highest BCUT2D eigenvalue weighted by Crippen LogP contribution is 2.29. The molecule has 0 aliphatic carbocycles. The van der Waals surface area contributed by atoms with Crippen molar-refractivity contribution in [3.05, 3.63) is 65.6 Å². The maximum Gasteiger partial charge on any atom is 0.340 e. The van der Waals surface area contributed by atoms with E-state index in [0.29, 0.717) is 16.8 Å². The summed E-state index contributed by atoms with van der Waals surface area (Å²) in [6, 6.07) is 11.3. The molecular formula is C18H16FNO3. The molecule has 0 saturated carbocycles. The minimum absolute atomic E-state index is 0.0915. The number of pyridine rings is 1. The number of ether oxygens (including phenoxy) is 1. The van der Waals surface area contributed by atoms with Gasteiger partial charge in [-0.15, -0.1) is 0 Å². The van der Waals surface area contributed by atoms with Gasteiger partial charge in [0.15, 0.2) is 0 Å². The molecule has 4 nitrogen and oxygen atoms in total. The minimum Gasteiger partial charge on any atom is -0.462 e. The van der Waals surface area contributed by atoms with E-state index in [-0.39, 0.29) is 19.0 Å². The Hall–Kier alpha value is -2.66. The van der Waals surface area contributed by atoms with Crippen LogP contribution in [0.15, 0.2) is 48.7 Å². The molecule has 0 spiro atoms. The summed E-state index contributed by atoms with van der Waals surface area (Å²) < 4.78 is 20.5. The monoisotopic (exact) mass is 313 g/mol. The van der Waals surface area contributed by atoms with Crippen LogP contribution in [-0.4, -0.2) is 22.1 Å². The molecule has 1 aromatic carbocycles. The first kappa shape index (κ1) is 15.2. The second-order valence-electron chi connectivity index (χ2n) is 5.13. The Morgan fingerprint density at radius 2 is 2.09 bits per heavy atom. The van der Waals surface area contributed by atoms with E-state index in [1.54, 1.807) is 47.9 Å². The third-order valence-corrected chi connectivity index (χ3v) is 3.61. The molecule has 5 heteroatoms. The number of esters is 1. The summed E-state index contributed by atoms with van der Waals surface area (Å²) in [6.45, 7) is 1.90. The normalized spacial score (nSPS) is 10.9. The van der Waals surface area contributed by atoms with Crippen LogP contribution >= 0.6 is 0 Å². The van der Waals surface area contributed by atoms with Crippen LogP contribution in [0.5, 0.6) is 0 Å². The minimum atomic E-state index is -0.457. The van der Waals surface area contributed by atoms with E-state index in [1.165, 1.54) is 12.1 Å². The van der Waals surface area contributed by atoms with Crippen LogP contribution in [0.2, 0.25) is 0 Å². The van der Waals surface area contributed by atoms with E-state index in [9.17, 15) is 14.3 Å². The number of benzene rings is 1. The lowest BCUT2D eigenvalue weighted by atomic mass is 10.1. The van der Waals surface area contributed by atoms with Crippen molar-refractivity contribution in [2.75, 3.05) is 6.61 Å². The molecule has 3 aromatic rings. The molecule has 0 bridgehead atoms. The predicted octanol–water partition coefficient (Wildman–Crippen LogP) is 3.41. The number of fused-ring (bicyclic) bond motifs is 1. The maximum atomic E-state index is 13.6. The summed E-state index contributed by atoms with van der Waals surface area (Å²) in [5.41, 5.74) is 3.00. The van der Waals surface area contributed by atoms with Crippen LogP contribution in [0.4, 0.5) is 4.39 Å². The summed E-state index contributed by atoms with van der Waals surface area (Å²) in [6.07, 6.45) is 1.75. The quantitative estimate of drug-likeness (QED) is 0.751. The van der Waals surface area contributed by atoms with Crippen LogP contribution < -0.4 is 0 Å². The zero-order chi connectivity index (χ0) is 16.4. The lowest BCUT2D eigenvalue weighted by Crippen LogP contribution is -2.05. The zero-order valence-corrected chi connectivity index (χ0v) is 12.6. The van der Waals surface area contributed by atoms with Gasteiger partial charge < -0.3 is 14.2 Å². The first-order chi connectivity index (χ1) is 11.1. The second kappa shape index (κ2) is 6.22. The molecule has 2 heterocycles. The number of carbonyl (C=O) groups is 1. The third kappa shape index (κ3) is 2.83. The van der Waals surface area contributed by atoms with Gasteiger partial charge in [0.25, 0.3) is 0 Å². The van der Waals surface area contributed by atoms with Gasteiger partial charge >= 0.3 is 5.97 Å². The zero-order valence-electron chi connectivity index (χ0n) is 12.6. The van der Waals surface area contributed by atoms with Crippen molar-refractivity contribution in [2.45, 2.75) is 13.5 Å². The van der Waals surface area contributed by atoms with Crippen LogP contribution in [0.3, 0.4) is 0 Å². The average Bonchev–Trinajstić information content (AvgIpc) is 2.93. The number of aliphatic hydroxyl groups excluding tert-OH is 1. The van der Waals surface area contributed by atoms with Crippen molar-refractivity contribution in [1.29, 1.82) is 0 Å². The van der Waals surface area contributed by atoms with Gasteiger partial charge in [-0.25, -0.2) is 9.18 Å². The Morgan fingerprint density at radius 3 is 2.78 bits per heavy atom. The van der Waals surface area contributed by atoms with Gasteiger partial charge in [-0.05, 0) is 42.8 Å². The van der Waals surface area contributed by atoms with Gasteiger partial charge in [-0.2, -0.15) is 0 Å². The van der Waals surface area contributed by atoms with Crippen molar-refractivity contribution < 1.29 is 19.0 Å². The van der Waals surface area contributed by atoms with Crippen molar-refractivity contribution >= 4 is 11.5 Å². The molecule has 0 amide bonds. The van der Waals surface area contributed by atoms with E-state index in [4.69, 9.17) is 4.74 Å². The van der Waals surface area contributed by atoms with E-state index in [1.807, 2.05) is 0 Å². The molecule has 2 aromatic heterocycles. The van der Waals surface area contributed by atoms with E-state index in [2.05, 4.69) is 0 Å². The predicted molar refractivity (Wildman–Crippen MR) is 84.7 cm³/mol. The molecule has 0 saturated heterocycles. The number of carbonyl (C=O) groups excluding carboxylic acids is 1. The summed E-state index contributed by atoms with van der Waals surface area (Å²) in [4.78, 5) is 12.3. The SMILES string of the molecule is CCOC(=O)c1cc2cc(CO)ccn2c1-c1cccc(F)c1. The molecule has 0 aliphatic heterocycles. The van der Waals surface area contributed by atoms with Gasteiger partial charge in [-0.1, -0.05) is 12.1 Å². The number of hydrogen-bond donors (Lipinski definition) is 1. The molecule has 0 aliphatic rings. The molecule has 0 atom stereocenters. The molecule has 23 heavy (non-hydrogen) atoms. The van der Waals surface area contributed by atoms with Crippen molar-refractivity contribution in [2.24, 2.45) is 0 Å². The highest BCUT2D eigenvalue weighted by molar-refractivity contribution is 5.99. The second-order valence-corrected chi connectivity index (χ2v) is 5.13. The van der Waals surface area contributed by atoms with E-state index < -0.39 is 5.97 Å². The standard InChI is InChI=1S/C18H16FNO3/c1-2-23-18(22)16-10-15-8-12(11-21)6-7-20(15)17(16)13-4-3-5-14(19)9-13/h3-10,21H,2,11H2,1H3. The van der Waals surface area contributed by atoms with Crippen LogP contribution in [0, 0.1) is 5.82 Å². The molecule has 0 radical (unpaired) electrons. The molecule has 3 rings (SSSR count). The Kier molecular flexibility index (Phi) is 4.12. The molecule has 1 N–H and O–H groups in total. The number of aromatic nitrogens is 1. The first-order valence-corrected chi connectivity index (χ1v) is 7.32. The topological polar surface area (TPSA) is 50.9 Å². The summed E-state index contributed by atoms with van der Waals surface area (Å²) >= 11 is 0. The summed E-state index contributed by atoms with van der Waals surface area (Å²) in [5, 5.41) is 9.27. The van der Waals surface area contributed by atoms with E-state index in [0.717, 1.165) is 11.1 Å². The number of halogens is 1. The number of nitrogens with zero attached hydrogens (tertiary/aromatic N) is 1. The van der Waals surface area contributed by atoms with Gasteiger partial charge in [0.1, 0.15) is 5.82 Å². The Bertz CT molecular complexity index is 870. The molecule has 118 valence electrons. The lowest BCUT2D eigenvalue weighted by Gasteiger charge is -2.07.